The second-order valence-electron chi connectivity index (χ2n) is 8.11. The molecule has 178 valence electrons. The van der Waals surface area contributed by atoms with Crippen LogP contribution in [0.15, 0.2) is 12.2 Å². The molecule has 0 aromatic carbocycles. The molecule has 0 aliphatic rings. The van der Waals surface area contributed by atoms with Gasteiger partial charge in [0.15, 0.2) is 0 Å². The zero-order chi connectivity index (χ0) is 22.1. The van der Waals surface area contributed by atoms with Crippen molar-refractivity contribution >= 4 is 5.91 Å². The van der Waals surface area contributed by atoms with Gasteiger partial charge in [0.1, 0.15) is 0 Å². The molecule has 0 saturated carbocycles. The van der Waals surface area contributed by atoms with E-state index in [1.54, 1.807) is 0 Å². The van der Waals surface area contributed by atoms with Gasteiger partial charge >= 0.3 is 0 Å². The molecule has 4 heteroatoms. The Hall–Kier alpha value is -0.870. The van der Waals surface area contributed by atoms with E-state index in [9.17, 15) is 4.79 Å². The highest BCUT2D eigenvalue weighted by Crippen LogP contribution is 2.10. The highest BCUT2D eigenvalue weighted by molar-refractivity contribution is 5.76. The molecule has 0 fully saturated rings. The van der Waals surface area contributed by atoms with E-state index in [1.165, 1.54) is 70.6 Å². The van der Waals surface area contributed by atoms with Crippen molar-refractivity contribution in [2.75, 3.05) is 39.5 Å². The van der Waals surface area contributed by atoms with Gasteiger partial charge in [-0.2, -0.15) is 0 Å². The summed E-state index contributed by atoms with van der Waals surface area (Å²) in [6, 6.07) is 0. The first-order valence-electron chi connectivity index (χ1n) is 12.8. The predicted octanol–water partition coefficient (Wildman–Crippen LogP) is 6.93. The molecule has 0 aliphatic carbocycles. The number of nitrogens with zero attached hydrogens (tertiary/aromatic N) is 1. The van der Waals surface area contributed by atoms with Crippen molar-refractivity contribution in [3.05, 3.63) is 12.2 Å². The van der Waals surface area contributed by atoms with Gasteiger partial charge in [0.05, 0.1) is 13.2 Å². The molecule has 0 aromatic rings. The Bertz CT molecular complexity index is 374. The lowest BCUT2D eigenvalue weighted by atomic mass is 10.1. The number of rotatable bonds is 23. The first-order chi connectivity index (χ1) is 14.8. The van der Waals surface area contributed by atoms with Gasteiger partial charge in [0.2, 0.25) is 5.91 Å². The topological polar surface area (TPSA) is 38.8 Å². The summed E-state index contributed by atoms with van der Waals surface area (Å²) in [6.07, 6.45) is 22.0. The Morgan fingerprint density at radius 3 is 1.63 bits per heavy atom. The molecule has 0 atom stereocenters. The Balaban J connectivity index is 3.62. The molecular formula is C26H51NO3. The van der Waals surface area contributed by atoms with Gasteiger partial charge in [-0.3, -0.25) is 4.79 Å². The second-order valence-corrected chi connectivity index (χ2v) is 8.11. The van der Waals surface area contributed by atoms with E-state index in [1.807, 2.05) is 18.7 Å². The average Bonchev–Trinajstić information content (AvgIpc) is 2.75. The summed E-state index contributed by atoms with van der Waals surface area (Å²) in [5, 5.41) is 0. The van der Waals surface area contributed by atoms with Crippen molar-refractivity contribution in [3.8, 4) is 0 Å². The van der Waals surface area contributed by atoms with Crippen LogP contribution in [0.1, 0.15) is 111 Å². The van der Waals surface area contributed by atoms with Gasteiger partial charge in [0.25, 0.3) is 0 Å². The van der Waals surface area contributed by atoms with Gasteiger partial charge in [-0.25, -0.2) is 0 Å². The third-order valence-corrected chi connectivity index (χ3v) is 5.42. The number of allylic oxidation sites excluding steroid dienone is 2. The van der Waals surface area contributed by atoms with Gasteiger partial charge in [-0.15, -0.1) is 0 Å². The molecule has 0 bridgehead atoms. The Labute approximate surface area is 187 Å². The second kappa shape index (κ2) is 24.4. The van der Waals surface area contributed by atoms with E-state index in [-0.39, 0.29) is 5.91 Å². The third kappa shape index (κ3) is 20.4. The third-order valence-electron chi connectivity index (χ3n) is 5.42. The molecule has 0 rings (SSSR count). The Morgan fingerprint density at radius 1 is 0.667 bits per heavy atom. The minimum atomic E-state index is 0.243. The molecule has 30 heavy (non-hydrogen) atoms. The van der Waals surface area contributed by atoms with Gasteiger partial charge in [0, 0.05) is 32.7 Å². The molecule has 0 heterocycles. The first kappa shape index (κ1) is 29.1. The number of carbonyl (C=O) groups is 1. The monoisotopic (exact) mass is 425 g/mol. The zero-order valence-electron chi connectivity index (χ0n) is 20.5. The smallest absolute Gasteiger partial charge is 0.222 e. The lowest BCUT2D eigenvalue weighted by Crippen LogP contribution is -2.36. The summed E-state index contributed by atoms with van der Waals surface area (Å²) < 4.78 is 10.8. The van der Waals surface area contributed by atoms with Gasteiger partial charge < -0.3 is 14.4 Å². The van der Waals surface area contributed by atoms with Gasteiger partial charge in [-0.1, -0.05) is 70.4 Å². The summed E-state index contributed by atoms with van der Waals surface area (Å²) >= 11 is 0. The van der Waals surface area contributed by atoms with Crippen LogP contribution in [-0.4, -0.2) is 50.3 Å². The van der Waals surface area contributed by atoms with Crippen molar-refractivity contribution in [3.63, 3.8) is 0 Å². The van der Waals surface area contributed by atoms with Crippen LogP contribution >= 0.6 is 0 Å². The van der Waals surface area contributed by atoms with E-state index >= 15 is 0 Å². The Morgan fingerprint density at radius 2 is 1.13 bits per heavy atom. The highest BCUT2D eigenvalue weighted by Gasteiger charge is 2.12. The minimum Gasteiger partial charge on any atom is -0.380 e. The number of hydrogen-bond donors (Lipinski definition) is 0. The molecule has 0 spiro atoms. The van der Waals surface area contributed by atoms with E-state index in [0.717, 1.165) is 12.8 Å². The molecule has 0 saturated heterocycles. The molecule has 1 amide bonds. The van der Waals surface area contributed by atoms with E-state index in [2.05, 4.69) is 19.1 Å². The largest absolute Gasteiger partial charge is 0.380 e. The van der Waals surface area contributed by atoms with Crippen molar-refractivity contribution in [2.45, 2.75) is 111 Å². The first-order valence-corrected chi connectivity index (χ1v) is 12.8. The van der Waals surface area contributed by atoms with E-state index < -0.39 is 0 Å². The maximum atomic E-state index is 12.5. The SMILES string of the molecule is CCCCCCCC/C=C/CCCCCCCC(=O)N(CCOCC)CCOCC. The number of carbonyl (C=O) groups excluding carboxylic acids is 1. The van der Waals surface area contributed by atoms with Crippen LogP contribution in [0.3, 0.4) is 0 Å². The summed E-state index contributed by atoms with van der Waals surface area (Å²) in [5.74, 6) is 0.243. The highest BCUT2D eigenvalue weighted by atomic mass is 16.5. The normalized spacial score (nSPS) is 11.4. The van der Waals surface area contributed by atoms with Crippen LogP contribution < -0.4 is 0 Å². The average molecular weight is 426 g/mol. The molecular weight excluding hydrogens is 374 g/mol. The maximum absolute atomic E-state index is 12.5. The van der Waals surface area contributed by atoms with Crippen molar-refractivity contribution < 1.29 is 14.3 Å². The van der Waals surface area contributed by atoms with Crippen LogP contribution in [0.5, 0.6) is 0 Å². The molecule has 0 aromatic heterocycles. The zero-order valence-corrected chi connectivity index (χ0v) is 20.5. The van der Waals surface area contributed by atoms with Crippen molar-refractivity contribution in [2.24, 2.45) is 0 Å². The molecule has 0 unspecified atom stereocenters. The quantitative estimate of drug-likeness (QED) is 0.132. The fourth-order valence-electron chi connectivity index (χ4n) is 3.50. The summed E-state index contributed by atoms with van der Waals surface area (Å²) in [7, 11) is 0. The summed E-state index contributed by atoms with van der Waals surface area (Å²) in [4.78, 5) is 14.4. The standard InChI is InChI=1S/C26H51NO3/c1-4-7-8-9-10-11-12-13-14-15-16-17-18-19-20-21-26(28)27(22-24-29-5-2)23-25-30-6-3/h13-14H,4-12,15-25H2,1-3H3/b14-13+. The molecule has 0 aliphatic heterocycles. The summed E-state index contributed by atoms with van der Waals surface area (Å²) in [6.45, 7) is 10.2. The molecule has 0 radical (unpaired) electrons. The van der Waals surface area contributed by atoms with E-state index in [0.29, 0.717) is 45.9 Å². The van der Waals surface area contributed by atoms with Gasteiger partial charge in [-0.05, 0) is 46.0 Å². The summed E-state index contributed by atoms with van der Waals surface area (Å²) in [5.41, 5.74) is 0. The molecule has 4 nitrogen and oxygen atoms in total. The maximum Gasteiger partial charge on any atom is 0.222 e. The number of unbranched alkanes of at least 4 members (excludes halogenated alkanes) is 11. The van der Waals surface area contributed by atoms with Crippen molar-refractivity contribution in [1.82, 2.24) is 4.90 Å². The lowest BCUT2D eigenvalue weighted by molar-refractivity contribution is -0.132. The van der Waals surface area contributed by atoms with Crippen LogP contribution in [0.2, 0.25) is 0 Å². The predicted molar refractivity (Wildman–Crippen MR) is 129 cm³/mol. The fraction of sp³-hybridized carbons (Fsp3) is 0.885. The fourth-order valence-corrected chi connectivity index (χ4v) is 3.50. The van der Waals surface area contributed by atoms with Crippen LogP contribution in [0.4, 0.5) is 0 Å². The van der Waals surface area contributed by atoms with Crippen LogP contribution in [-0.2, 0) is 14.3 Å². The van der Waals surface area contributed by atoms with Crippen LogP contribution in [0.25, 0.3) is 0 Å². The number of ether oxygens (including phenoxy) is 2. The van der Waals surface area contributed by atoms with E-state index in [4.69, 9.17) is 9.47 Å². The minimum absolute atomic E-state index is 0.243. The Kier molecular flexibility index (Phi) is 23.7. The van der Waals surface area contributed by atoms with Crippen molar-refractivity contribution in [1.29, 1.82) is 0 Å². The molecule has 0 N–H and O–H groups in total. The lowest BCUT2D eigenvalue weighted by Gasteiger charge is -2.22. The number of hydrogen-bond acceptors (Lipinski definition) is 3. The van der Waals surface area contributed by atoms with Crippen LogP contribution in [0, 0.1) is 0 Å². The number of amides is 1.